The summed E-state index contributed by atoms with van der Waals surface area (Å²) in [6.07, 6.45) is 8.07. The van der Waals surface area contributed by atoms with Crippen molar-refractivity contribution in [1.82, 2.24) is 0 Å². The number of Topliss-reactive ketones (excluding diaryl/α,β-unsaturated/α-hetero) is 1. The number of aryl methyl sites for hydroxylation is 1. The monoisotopic (exact) mass is 977 g/mol. The van der Waals surface area contributed by atoms with Crippen LogP contribution >= 0.6 is 21.6 Å². The molecule has 362 valence electrons. The van der Waals surface area contributed by atoms with Gasteiger partial charge in [0.05, 0.1) is 41.7 Å². The highest BCUT2D eigenvalue weighted by atomic mass is 33.1. The van der Waals surface area contributed by atoms with Gasteiger partial charge in [-0.05, 0) is 104 Å². The van der Waals surface area contributed by atoms with E-state index < -0.39 is 0 Å². The summed E-state index contributed by atoms with van der Waals surface area (Å²) in [5.41, 5.74) is 9.08. The molecule has 9 rings (SSSR count). The largest absolute Gasteiger partial charge is 0.493 e. The highest BCUT2D eigenvalue weighted by Crippen LogP contribution is 2.44. The van der Waals surface area contributed by atoms with Gasteiger partial charge in [-0.2, -0.15) is 0 Å². The molecule has 0 bridgehead atoms. The molecule has 70 heavy (non-hydrogen) atoms. The number of fused-ring (bicyclic) bond motifs is 8. The van der Waals surface area contributed by atoms with Crippen LogP contribution in [0.1, 0.15) is 108 Å². The van der Waals surface area contributed by atoms with E-state index in [1.807, 2.05) is 104 Å². The molecule has 0 spiro atoms. The van der Waals surface area contributed by atoms with Crippen molar-refractivity contribution in [3.8, 4) is 17.2 Å². The summed E-state index contributed by atoms with van der Waals surface area (Å²) < 4.78 is 18.7. The zero-order chi connectivity index (χ0) is 49.3. The molecule has 4 heterocycles. The third kappa shape index (κ3) is 10.3. The van der Waals surface area contributed by atoms with E-state index in [2.05, 4.69) is 26.8 Å². The maximum Gasteiger partial charge on any atom is 0.261 e. The molecule has 0 radical (unpaired) electrons. The SMILES string of the molecule is CCC(=O)CCC(C)SSC(C)(C)CCC(=O)N(C)c1cc(COc2cc3c(cc2C)C(=O)N2c4ccccc4C[C@H]2C=N3)cc(COc2cc3c(cc2OC)C(=O)N2c4ccccc4C[C@H]2C=N3)c1. The van der Waals surface area contributed by atoms with Gasteiger partial charge in [0.1, 0.15) is 24.7 Å². The smallest absolute Gasteiger partial charge is 0.261 e. The Labute approximate surface area is 418 Å². The van der Waals surface area contributed by atoms with Crippen molar-refractivity contribution >= 4 is 86.0 Å². The summed E-state index contributed by atoms with van der Waals surface area (Å²) in [7, 11) is 6.88. The highest BCUT2D eigenvalue weighted by molar-refractivity contribution is 8.77. The van der Waals surface area contributed by atoms with Gasteiger partial charge in [0, 0.05) is 90.8 Å². The van der Waals surface area contributed by atoms with Gasteiger partial charge in [0.2, 0.25) is 5.91 Å². The Balaban J connectivity index is 0.946. The lowest BCUT2D eigenvalue weighted by Gasteiger charge is -2.26. The van der Waals surface area contributed by atoms with Gasteiger partial charge in [-0.25, -0.2) is 0 Å². The molecule has 0 saturated heterocycles. The maximum absolute atomic E-state index is 14.1. The Kier molecular flexibility index (Phi) is 14.3. The van der Waals surface area contributed by atoms with Gasteiger partial charge in [-0.1, -0.05) is 71.8 Å². The fourth-order valence-corrected chi connectivity index (χ4v) is 12.0. The van der Waals surface area contributed by atoms with Crippen LogP contribution in [-0.4, -0.2) is 72.2 Å². The number of ketones is 1. The van der Waals surface area contributed by atoms with Crippen molar-refractivity contribution in [2.75, 3.05) is 28.9 Å². The number of ether oxygens (including phenoxy) is 3. The van der Waals surface area contributed by atoms with Gasteiger partial charge in [-0.3, -0.25) is 39.0 Å². The first kappa shape index (κ1) is 48.6. The van der Waals surface area contributed by atoms with Crippen LogP contribution in [0.2, 0.25) is 0 Å². The Morgan fingerprint density at radius 1 is 0.771 bits per heavy atom. The minimum absolute atomic E-state index is 0.0319. The van der Waals surface area contributed by atoms with Crippen LogP contribution in [0.25, 0.3) is 0 Å². The number of nitrogens with zero attached hydrogens (tertiary/aromatic N) is 5. The van der Waals surface area contributed by atoms with Crippen LogP contribution in [0.3, 0.4) is 0 Å². The third-order valence-electron chi connectivity index (χ3n) is 13.5. The number of anilines is 3. The van der Waals surface area contributed by atoms with Gasteiger partial charge in [0.15, 0.2) is 11.5 Å². The molecule has 5 aromatic rings. The predicted molar refractivity (Wildman–Crippen MR) is 283 cm³/mol. The molecule has 0 fully saturated rings. The summed E-state index contributed by atoms with van der Waals surface area (Å²) in [6.45, 7) is 10.6. The Hall–Kier alpha value is -6.38. The summed E-state index contributed by atoms with van der Waals surface area (Å²) in [5, 5.41) is 0.321. The number of amides is 3. The first-order valence-corrected chi connectivity index (χ1v) is 26.2. The van der Waals surface area contributed by atoms with E-state index in [-0.39, 0.29) is 53.5 Å². The maximum atomic E-state index is 14.1. The van der Waals surface area contributed by atoms with E-state index in [9.17, 15) is 19.2 Å². The van der Waals surface area contributed by atoms with Gasteiger partial charge in [-0.15, -0.1) is 0 Å². The van der Waals surface area contributed by atoms with Crippen molar-refractivity contribution < 1.29 is 33.4 Å². The number of rotatable bonds is 18. The molecule has 0 N–H and O–H groups in total. The van der Waals surface area contributed by atoms with E-state index in [0.29, 0.717) is 89.2 Å². The zero-order valence-corrected chi connectivity index (χ0v) is 42.5. The molecule has 4 aliphatic rings. The molecule has 3 atom stereocenters. The summed E-state index contributed by atoms with van der Waals surface area (Å²) in [6, 6.07) is 28.6. The second-order valence-corrected chi connectivity index (χ2v) is 22.4. The minimum Gasteiger partial charge on any atom is -0.493 e. The first-order valence-electron chi connectivity index (χ1n) is 24.0. The molecule has 14 heteroatoms. The lowest BCUT2D eigenvalue weighted by atomic mass is 10.1. The average molecular weight is 978 g/mol. The van der Waals surface area contributed by atoms with E-state index in [1.165, 1.54) is 0 Å². The Morgan fingerprint density at radius 3 is 1.91 bits per heavy atom. The number of hydrogen-bond donors (Lipinski definition) is 0. The van der Waals surface area contributed by atoms with Crippen molar-refractivity contribution in [1.29, 1.82) is 0 Å². The summed E-state index contributed by atoms with van der Waals surface area (Å²) in [5.74, 6) is 1.42. The third-order valence-corrected chi connectivity index (χ3v) is 17.4. The van der Waals surface area contributed by atoms with Crippen molar-refractivity contribution in [2.24, 2.45) is 9.98 Å². The normalized spacial score (nSPS) is 16.8. The molecule has 5 aromatic carbocycles. The number of benzene rings is 5. The molecule has 3 amide bonds. The van der Waals surface area contributed by atoms with Crippen LogP contribution in [0.5, 0.6) is 17.2 Å². The lowest BCUT2D eigenvalue weighted by molar-refractivity contribution is -0.119. The number of carbonyl (C=O) groups is 4. The second kappa shape index (κ2) is 20.5. The summed E-state index contributed by atoms with van der Waals surface area (Å²) in [4.78, 5) is 69.0. The van der Waals surface area contributed by atoms with E-state index >= 15 is 0 Å². The fraction of sp³-hybridized carbons (Fsp3) is 0.357. The van der Waals surface area contributed by atoms with Crippen LogP contribution < -0.4 is 28.9 Å². The number of hydrogen-bond acceptors (Lipinski definition) is 11. The highest BCUT2D eigenvalue weighted by Gasteiger charge is 2.38. The molecular formula is C56H59N5O7S2. The van der Waals surface area contributed by atoms with Gasteiger partial charge >= 0.3 is 0 Å². The van der Waals surface area contributed by atoms with E-state index in [0.717, 1.165) is 45.6 Å². The van der Waals surface area contributed by atoms with E-state index in [4.69, 9.17) is 24.2 Å². The number of aliphatic imine (C=N–C) groups is 2. The Bertz CT molecular complexity index is 2930. The molecule has 4 aliphatic heterocycles. The molecule has 12 nitrogen and oxygen atoms in total. The Morgan fingerprint density at radius 2 is 1.33 bits per heavy atom. The number of methoxy groups -OCH3 is 1. The van der Waals surface area contributed by atoms with E-state index in [1.54, 1.807) is 57.7 Å². The molecule has 0 aliphatic carbocycles. The van der Waals surface area contributed by atoms with Gasteiger partial charge < -0.3 is 19.1 Å². The molecule has 0 saturated carbocycles. The zero-order valence-electron chi connectivity index (χ0n) is 40.8. The summed E-state index contributed by atoms with van der Waals surface area (Å²) >= 11 is 0. The minimum atomic E-state index is -0.197. The standard InChI is InChI=1S/C56H59N5O7S2/c1-8-43(62)18-17-35(3)69-70-56(4,5)20-19-53(63)59(6)40-23-36(32-67-50-28-46-44(21-34(50)2)54(64)60-41(30-57-46)25-38-13-9-11-15-48(38)60)22-37(24-40)33-68-52-29-47-45(27-51(52)66-7)55(65)61-42(31-58-47)26-39-14-10-12-16-49(39)61/h9-16,21-24,27-31,35,41-42H,8,17-20,25-26,32-33H2,1-7H3/t35?,41-,42-/m0/s1. The van der Waals surface area contributed by atoms with Crippen LogP contribution in [0, 0.1) is 6.92 Å². The average Bonchev–Trinajstić information content (AvgIpc) is 3.86. The predicted octanol–water partition coefficient (Wildman–Crippen LogP) is 11.8. The molecule has 0 aromatic heterocycles. The van der Waals surface area contributed by atoms with Gasteiger partial charge in [0.25, 0.3) is 11.8 Å². The molecular weight excluding hydrogens is 919 g/mol. The molecule has 1 unspecified atom stereocenters. The first-order chi connectivity index (χ1) is 33.7. The fourth-order valence-electron chi connectivity index (χ4n) is 9.38. The number of carbonyl (C=O) groups excluding carboxylic acids is 4. The topological polar surface area (TPSA) is 130 Å². The number of para-hydroxylation sites is 2. The van der Waals surface area contributed by atoms with Crippen LogP contribution in [-0.2, 0) is 35.6 Å². The lowest BCUT2D eigenvalue weighted by Crippen LogP contribution is -2.37. The van der Waals surface area contributed by atoms with Crippen molar-refractivity contribution in [2.45, 2.75) is 115 Å². The van der Waals surface area contributed by atoms with Crippen LogP contribution in [0.4, 0.5) is 28.4 Å². The van der Waals surface area contributed by atoms with Crippen molar-refractivity contribution in [3.05, 3.63) is 130 Å². The quantitative estimate of drug-likeness (QED) is 0.0788. The second-order valence-electron chi connectivity index (χ2n) is 19.1. The van der Waals surface area contributed by atoms with Crippen LogP contribution in [0.15, 0.2) is 101 Å². The van der Waals surface area contributed by atoms with Crippen molar-refractivity contribution in [3.63, 3.8) is 0 Å².